The first-order chi connectivity index (χ1) is 9.47. The molecule has 0 fully saturated rings. The number of aromatic nitrogens is 1. The molecule has 0 aliphatic rings. The third kappa shape index (κ3) is 3.61. The van der Waals surface area contributed by atoms with Crippen molar-refractivity contribution in [2.24, 2.45) is 5.92 Å². The molecular formula is C15H18F2N2S. The van der Waals surface area contributed by atoms with Crippen LogP contribution in [0.1, 0.15) is 24.4 Å². The van der Waals surface area contributed by atoms with Gasteiger partial charge in [0, 0.05) is 17.0 Å². The van der Waals surface area contributed by atoms with E-state index in [1.807, 2.05) is 6.92 Å². The molecule has 1 N–H and O–H groups in total. The van der Waals surface area contributed by atoms with Crippen LogP contribution in [0.3, 0.4) is 0 Å². The molecule has 0 bridgehead atoms. The highest BCUT2D eigenvalue weighted by Gasteiger charge is 2.13. The Labute approximate surface area is 121 Å². The third-order valence-corrected chi connectivity index (χ3v) is 4.08. The van der Waals surface area contributed by atoms with Crippen LogP contribution in [0.2, 0.25) is 0 Å². The zero-order valence-corrected chi connectivity index (χ0v) is 12.7. The van der Waals surface area contributed by atoms with Crippen LogP contribution in [0.15, 0.2) is 18.2 Å². The van der Waals surface area contributed by atoms with Gasteiger partial charge in [0.2, 0.25) is 0 Å². The van der Waals surface area contributed by atoms with Gasteiger partial charge in [0.05, 0.1) is 5.69 Å². The second kappa shape index (κ2) is 6.41. The van der Waals surface area contributed by atoms with Gasteiger partial charge in [-0.1, -0.05) is 13.8 Å². The summed E-state index contributed by atoms with van der Waals surface area (Å²) in [6, 6.07) is 3.45. The van der Waals surface area contributed by atoms with E-state index in [9.17, 15) is 8.78 Å². The maximum absolute atomic E-state index is 13.7. The van der Waals surface area contributed by atoms with E-state index in [4.69, 9.17) is 0 Å². The molecule has 2 rings (SSSR count). The fourth-order valence-corrected chi connectivity index (χ4v) is 2.89. The smallest absolute Gasteiger partial charge is 0.133 e. The molecule has 108 valence electrons. The maximum Gasteiger partial charge on any atom is 0.133 e. The topological polar surface area (TPSA) is 24.9 Å². The first-order valence-electron chi connectivity index (χ1n) is 6.60. The molecule has 1 heterocycles. The second-order valence-electron chi connectivity index (χ2n) is 5.18. The van der Waals surface area contributed by atoms with Crippen molar-refractivity contribution in [2.75, 3.05) is 6.54 Å². The maximum atomic E-state index is 13.7. The van der Waals surface area contributed by atoms with E-state index >= 15 is 0 Å². The zero-order valence-electron chi connectivity index (χ0n) is 11.8. The largest absolute Gasteiger partial charge is 0.312 e. The van der Waals surface area contributed by atoms with Crippen LogP contribution >= 0.6 is 11.3 Å². The Hall–Kier alpha value is -1.33. The van der Waals surface area contributed by atoms with Crippen LogP contribution in [-0.4, -0.2) is 11.5 Å². The van der Waals surface area contributed by atoms with E-state index in [1.165, 1.54) is 17.4 Å². The van der Waals surface area contributed by atoms with Crippen LogP contribution in [0.25, 0.3) is 10.6 Å². The van der Waals surface area contributed by atoms with E-state index < -0.39 is 11.6 Å². The summed E-state index contributed by atoms with van der Waals surface area (Å²) in [4.78, 5) is 5.41. The predicted molar refractivity (Wildman–Crippen MR) is 78.7 cm³/mol. The van der Waals surface area contributed by atoms with Crippen molar-refractivity contribution in [1.29, 1.82) is 0 Å². The molecule has 0 spiro atoms. The van der Waals surface area contributed by atoms with Gasteiger partial charge < -0.3 is 5.32 Å². The Morgan fingerprint density at radius 1 is 1.30 bits per heavy atom. The number of nitrogens with zero attached hydrogens (tertiary/aromatic N) is 1. The Morgan fingerprint density at radius 2 is 2.05 bits per heavy atom. The number of benzene rings is 1. The summed E-state index contributed by atoms with van der Waals surface area (Å²) in [5.41, 5.74) is 1.10. The number of thiazole rings is 1. The van der Waals surface area contributed by atoms with Gasteiger partial charge in [0.1, 0.15) is 16.6 Å². The SMILES string of the molecule is Cc1nc(-c2cc(F)ccc2F)sc1CNCC(C)C. The molecule has 2 aromatic rings. The van der Waals surface area contributed by atoms with Gasteiger partial charge in [0.25, 0.3) is 0 Å². The van der Waals surface area contributed by atoms with Crippen LogP contribution in [0.4, 0.5) is 8.78 Å². The lowest BCUT2D eigenvalue weighted by molar-refractivity contribution is 0.554. The number of rotatable bonds is 5. The van der Waals surface area contributed by atoms with Gasteiger partial charge in [0.15, 0.2) is 0 Å². The van der Waals surface area contributed by atoms with Gasteiger partial charge in [-0.3, -0.25) is 0 Å². The zero-order chi connectivity index (χ0) is 14.7. The Morgan fingerprint density at radius 3 is 2.75 bits per heavy atom. The van der Waals surface area contributed by atoms with Gasteiger partial charge >= 0.3 is 0 Å². The molecule has 0 amide bonds. The number of hydrogen-bond acceptors (Lipinski definition) is 3. The van der Waals surface area contributed by atoms with Crippen molar-refractivity contribution < 1.29 is 8.78 Å². The number of nitrogens with one attached hydrogen (secondary N) is 1. The molecule has 0 saturated heterocycles. The molecule has 2 nitrogen and oxygen atoms in total. The highest BCUT2D eigenvalue weighted by molar-refractivity contribution is 7.15. The van der Waals surface area contributed by atoms with Gasteiger partial charge in [-0.25, -0.2) is 13.8 Å². The minimum atomic E-state index is -0.450. The monoisotopic (exact) mass is 296 g/mol. The van der Waals surface area contributed by atoms with Crippen LogP contribution in [0, 0.1) is 24.5 Å². The fourth-order valence-electron chi connectivity index (χ4n) is 1.84. The van der Waals surface area contributed by atoms with Crippen molar-refractivity contribution in [3.05, 3.63) is 40.4 Å². The summed E-state index contributed by atoms with van der Waals surface area (Å²) in [6.45, 7) is 7.80. The lowest BCUT2D eigenvalue weighted by atomic mass is 10.2. The predicted octanol–water partition coefficient (Wildman–Crippen LogP) is 4.14. The van der Waals surface area contributed by atoms with E-state index in [1.54, 1.807) is 0 Å². The van der Waals surface area contributed by atoms with E-state index in [2.05, 4.69) is 24.1 Å². The average molecular weight is 296 g/mol. The molecule has 0 unspecified atom stereocenters. The quantitative estimate of drug-likeness (QED) is 0.897. The van der Waals surface area contributed by atoms with Gasteiger partial charge in [-0.05, 0) is 37.6 Å². The van der Waals surface area contributed by atoms with Gasteiger partial charge in [-0.2, -0.15) is 0 Å². The average Bonchev–Trinajstić information content (AvgIpc) is 2.73. The lowest BCUT2D eigenvalue weighted by Crippen LogP contribution is -2.18. The summed E-state index contributed by atoms with van der Waals surface area (Å²) in [5.74, 6) is -0.320. The first kappa shape index (κ1) is 15.1. The number of hydrogen-bond donors (Lipinski definition) is 1. The van der Waals surface area contributed by atoms with Crippen LogP contribution in [0.5, 0.6) is 0 Å². The van der Waals surface area contributed by atoms with Crippen molar-refractivity contribution in [3.63, 3.8) is 0 Å². The minimum Gasteiger partial charge on any atom is -0.312 e. The molecule has 0 saturated carbocycles. The summed E-state index contributed by atoms with van der Waals surface area (Å²) in [6.07, 6.45) is 0. The molecule has 0 atom stereocenters. The number of aryl methyl sites for hydroxylation is 1. The molecule has 0 aliphatic heterocycles. The summed E-state index contributed by atoms with van der Waals surface area (Å²) < 4.78 is 27.0. The van der Waals surface area contributed by atoms with Crippen LogP contribution in [-0.2, 0) is 6.54 Å². The standard InChI is InChI=1S/C15H18F2N2S/c1-9(2)7-18-8-14-10(3)19-15(20-14)12-6-11(16)4-5-13(12)17/h4-6,9,18H,7-8H2,1-3H3. The van der Waals surface area contributed by atoms with E-state index in [0.29, 0.717) is 17.5 Å². The van der Waals surface area contributed by atoms with Crippen LogP contribution < -0.4 is 5.32 Å². The van der Waals surface area contributed by atoms with E-state index in [-0.39, 0.29) is 5.56 Å². The Kier molecular flexibility index (Phi) is 4.83. The van der Waals surface area contributed by atoms with Crippen molar-refractivity contribution in [2.45, 2.75) is 27.3 Å². The summed E-state index contributed by atoms with van der Waals surface area (Å²) in [7, 11) is 0. The lowest BCUT2D eigenvalue weighted by Gasteiger charge is -2.05. The highest BCUT2D eigenvalue weighted by Crippen LogP contribution is 2.30. The molecule has 0 radical (unpaired) electrons. The molecule has 1 aromatic heterocycles. The normalized spacial score (nSPS) is 11.3. The highest BCUT2D eigenvalue weighted by atomic mass is 32.1. The molecule has 5 heteroatoms. The second-order valence-corrected chi connectivity index (χ2v) is 6.26. The van der Waals surface area contributed by atoms with Crippen molar-refractivity contribution in [3.8, 4) is 10.6 Å². The molecular weight excluding hydrogens is 278 g/mol. The number of halogens is 2. The molecule has 20 heavy (non-hydrogen) atoms. The fraction of sp³-hybridized carbons (Fsp3) is 0.400. The van der Waals surface area contributed by atoms with E-state index in [0.717, 1.165) is 29.2 Å². The third-order valence-electron chi connectivity index (χ3n) is 2.89. The summed E-state index contributed by atoms with van der Waals surface area (Å²) in [5, 5.41) is 3.86. The Balaban J connectivity index is 2.20. The molecule has 1 aromatic carbocycles. The Bertz CT molecular complexity index is 594. The minimum absolute atomic E-state index is 0.230. The summed E-state index contributed by atoms with van der Waals surface area (Å²) >= 11 is 1.41. The van der Waals surface area contributed by atoms with Gasteiger partial charge in [-0.15, -0.1) is 11.3 Å². The molecule has 0 aliphatic carbocycles. The first-order valence-corrected chi connectivity index (χ1v) is 7.41. The van der Waals surface area contributed by atoms with Crippen molar-refractivity contribution in [1.82, 2.24) is 10.3 Å². The van der Waals surface area contributed by atoms with Crippen molar-refractivity contribution >= 4 is 11.3 Å².